The summed E-state index contributed by atoms with van der Waals surface area (Å²) < 4.78 is 44.3. The van der Waals surface area contributed by atoms with Crippen LogP contribution in [0, 0.1) is 0 Å². The van der Waals surface area contributed by atoms with Crippen molar-refractivity contribution >= 4 is 11.0 Å². The van der Waals surface area contributed by atoms with Gasteiger partial charge in [-0.1, -0.05) is 24.3 Å². The van der Waals surface area contributed by atoms with Crippen molar-refractivity contribution in [1.82, 2.24) is 9.97 Å². The minimum Gasteiger partial charge on any atom is -0.394 e. The maximum atomic E-state index is 12.9. The van der Waals surface area contributed by atoms with Crippen molar-refractivity contribution in [3.63, 3.8) is 0 Å². The van der Waals surface area contributed by atoms with Crippen molar-refractivity contribution in [2.24, 2.45) is 0 Å². The molecule has 0 spiro atoms. The van der Waals surface area contributed by atoms with Gasteiger partial charge in [0.25, 0.3) is 0 Å². The van der Waals surface area contributed by atoms with Crippen molar-refractivity contribution in [2.45, 2.75) is 37.0 Å². The van der Waals surface area contributed by atoms with Crippen LogP contribution >= 0.6 is 0 Å². The zero-order valence-electron chi connectivity index (χ0n) is 15.1. The van der Waals surface area contributed by atoms with E-state index in [0.29, 0.717) is 16.7 Å². The predicted molar refractivity (Wildman–Crippen MR) is 97.9 cm³/mol. The normalized spacial score (nSPS) is 25.4. The summed E-state index contributed by atoms with van der Waals surface area (Å²) in [7, 11) is 0. The number of hydrogen-bond donors (Lipinski definition) is 4. The minimum atomic E-state index is -4.56. The van der Waals surface area contributed by atoms with E-state index in [9.17, 15) is 28.5 Å². The molecule has 4 N–H and O–H groups in total. The quantitative estimate of drug-likeness (QED) is 0.534. The molecule has 9 heteroatoms. The Bertz CT molecular complexity index is 1020. The molecule has 0 bridgehead atoms. The van der Waals surface area contributed by atoms with E-state index in [4.69, 9.17) is 4.74 Å². The molecular weight excluding hydrogens is 389 g/mol. The lowest BCUT2D eigenvalue weighted by Crippen LogP contribution is -2.44. The molecule has 4 atom stereocenters. The van der Waals surface area contributed by atoms with Gasteiger partial charge in [-0.15, -0.1) is 0 Å². The molecule has 0 amide bonds. The lowest BCUT2D eigenvalue weighted by Gasteiger charge is -2.37. The molecule has 3 unspecified atom stereocenters. The molecule has 1 aliphatic rings. The molecule has 1 aliphatic heterocycles. The van der Waals surface area contributed by atoms with E-state index in [1.54, 1.807) is 36.4 Å². The van der Waals surface area contributed by atoms with E-state index in [-0.39, 0.29) is 24.1 Å². The van der Waals surface area contributed by atoms with Gasteiger partial charge in [-0.05, 0) is 34.9 Å². The average molecular weight is 408 g/mol. The molecule has 3 aromatic rings. The van der Waals surface area contributed by atoms with Crippen LogP contribution in [0.15, 0.2) is 42.5 Å². The monoisotopic (exact) mass is 408 g/mol. The number of aromatic amines is 1. The molecule has 0 saturated carbocycles. The van der Waals surface area contributed by atoms with Gasteiger partial charge in [-0.25, -0.2) is 4.98 Å². The van der Waals surface area contributed by atoms with Crippen molar-refractivity contribution < 1.29 is 33.2 Å². The number of rotatable bonds is 3. The number of fused-ring (bicyclic) bond motifs is 1. The van der Waals surface area contributed by atoms with Crippen LogP contribution in [-0.2, 0) is 10.9 Å². The molecule has 2 heterocycles. The number of aliphatic hydroxyl groups is 3. The minimum absolute atomic E-state index is 0.131. The number of nitrogens with zero attached hydrogens (tertiary/aromatic N) is 1. The molecule has 4 rings (SSSR count). The highest BCUT2D eigenvalue weighted by atomic mass is 19.4. The third-order valence-electron chi connectivity index (χ3n) is 5.05. The number of aromatic nitrogens is 2. The lowest BCUT2D eigenvalue weighted by molar-refractivity contribution is -0.179. The third kappa shape index (κ3) is 3.86. The lowest BCUT2D eigenvalue weighted by atomic mass is 9.91. The molecule has 6 nitrogen and oxygen atoms in total. The van der Waals surface area contributed by atoms with Crippen LogP contribution in [0.2, 0.25) is 0 Å². The molecule has 1 fully saturated rings. The van der Waals surface area contributed by atoms with E-state index in [1.165, 1.54) is 6.07 Å². The first-order valence-electron chi connectivity index (χ1n) is 9.06. The fraction of sp³-hybridized carbons (Fsp3) is 0.350. The number of hydrogen-bond acceptors (Lipinski definition) is 5. The van der Waals surface area contributed by atoms with Crippen LogP contribution in [0.1, 0.15) is 23.9 Å². The molecular formula is C20H19F3N2O4. The summed E-state index contributed by atoms with van der Waals surface area (Å²) in [5.74, 6) is -1.05. The van der Waals surface area contributed by atoms with Crippen LogP contribution < -0.4 is 0 Å². The number of nitrogens with one attached hydrogen (secondary N) is 1. The summed E-state index contributed by atoms with van der Waals surface area (Å²) >= 11 is 0. The molecule has 154 valence electrons. The van der Waals surface area contributed by atoms with E-state index in [0.717, 1.165) is 0 Å². The summed E-state index contributed by atoms with van der Waals surface area (Å²) in [6, 6.07) is 11.7. The molecule has 0 aliphatic carbocycles. The Kier molecular flexibility index (Phi) is 5.07. The van der Waals surface area contributed by atoms with Crippen molar-refractivity contribution in [3.8, 4) is 11.1 Å². The van der Waals surface area contributed by atoms with Gasteiger partial charge in [0, 0.05) is 6.42 Å². The molecule has 1 saturated heterocycles. The highest BCUT2D eigenvalue weighted by Gasteiger charge is 2.37. The first-order valence-corrected chi connectivity index (χ1v) is 9.06. The second-order valence-corrected chi connectivity index (χ2v) is 7.10. The number of alkyl halides is 3. The Morgan fingerprint density at radius 3 is 2.59 bits per heavy atom. The summed E-state index contributed by atoms with van der Waals surface area (Å²) in [5.41, 5.74) is 2.40. The maximum Gasteiger partial charge on any atom is 0.449 e. The van der Waals surface area contributed by atoms with Gasteiger partial charge in [-0.2, -0.15) is 13.2 Å². The Hall–Kier alpha value is -2.46. The first-order chi connectivity index (χ1) is 13.8. The molecule has 29 heavy (non-hydrogen) atoms. The highest BCUT2D eigenvalue weighted by Crippen LogP contribution is 2.35. The van der Waals surface area contributed by atoms with Crippen LogP contribution in [-0.4, -0.2) is 50.2 Å². The van der Waals surface area contributed by atoms with E-state index in [1.807, 2.05) is 0 Å². The van der Waals surface area contributed by atoms with Crippen molar-refractivity contribution in [3.05, 3.63) is 53.9 Å². The van der Waals surface area contributed by atoms with Gasteiger partial charge in [-0.3, -0.25) is 0 Å². The smallest absolute Gasteiger partial charge is 0.394 e. The number of imidazole rings is 1. The standard InChI is InChI=1S/C20H19F3N2O4/c21-20(22,23)19-24-14-5-4-11(7-15(14)25-19)10-2-1-3-12(6-10)18-17(28)16(27)8-13(9-26)29-18/h1-7,13,16-18,26-28H,8-9H2,(H,24,25)/t13?,16?,17?,18-/m1/s1. The van der Waals surface area contributed by atoms with Crippen LogP contribution in [0.25, 0.3) is 22.2 Å². The summed E-state index contributed by atoms with van der Waals surface area (Å²) in [4.78, 5) is 5.85. The second kappa shape index (κ2) is 7.42. The number of H-pyrrole nitrogens is 1. The SMILES string of the molecule is OCC1CC(O)C(O)[C@@H](c2cccc(-c3ccc4nc(C(F)(F)F)[nH]c4c3)c2)O1. The molecule has 1 aromatic heterocycles. The van der Waals surface area contributed by atoms with E-state index >= 15 is 0 Å². The van der Waals surface area contributed by atoms with Crippen LogP contribution in [0.4, 0.5) is 13.2 Å². The second-order valence-electron chi connectivity index (χ2n) is 7.10. The maximum absolute atomic E-state index is 12.9. The van der Waals surface area contributed by atoms with E-state index in [2.05, 4.69) is 9.97 Å². The highest BCUT2D eigenvalue weighted by molar-refractivity contribution is 5.82. The van der Waals surface area contributed by atoms with Gasteiger partial charge >= 0.3 is 6.18 Å². The molecule has 0 radical (unpaired) electrons. The number of halogens is 3. The zero-order valence-corrected chi connectivity index (χ0v) is 15.1. The summed E-state index contributed by atoms with van der Waals surface area (Å²) in [5, 5.41) is 29.7. The summed E-state index contributed by atoms with van der Waals surface area (Å²) in [6.07, 6.45) is -8.04. The van der Waals surface area contributed by atoms with Crippen LogP contribution in [0.3, 0.4) is 0 Å². The number of ether oxygens (including phenoxy) is 1. The predicted octanol–water partition coefficient (Wildman–Crippen LogP) is 2.79. The zero-order chi connectivity index (χ0) is 20.8. The van der Waals surface area contributed by atoms with Gasteiger partial charge in [0.15, 0.2) is 0 Å². The number of benzene rings is 2. The largest absolute Gasteiger partial charge is 0.449 e. The van der Waals surface area contributed by atoms with Crippen molar-refractivity contribution in [2.75, 3.05) is 6.61 Å². The third-order valence-corrected chi connectivity index (χ3v) is 5.05. The Balaban J connectivity index is 1.68. The Labute approximate surface area is 163 Å². The van der Waals surface area contributed by atoms with Crippen molar-refractivity contribution in [1.29, 1.82) is 0 Å². The average Bonchev–Trinajstić information content (AvgIpc) is 3.14. The Morgan fingerprint density at radius 2 is 1.86 bits per heavy atom. The Morgan fingerprint density at radius 1 is 1.10 bits per heavy atom. The fourth-order valence-corrected chi connectivity index (χ4v) is 3.57. The van der Waals surface area contributed by atoms with Gasteiger partial charge in [0.2, 0.25) is 5.82 Å². The van der Waals surface area contributed by atoms with E-state index < -0.39 is 36.4 Å². The first kappa shape index (κ1) is 19.8. The van der Waals surface area contributed by atoms with Gasteiger partial charge < -0.3 is 25.0 Å². The number of aliphatic hydroxyl groups excluding tert-OH is 3. The fourth-order valence-electron chi connectivity index (χ4n) is 3.57. The van der Waals surface area contributed by atoms with Crippen LogP contribution in [0.5, 0.6) is 0 Å². The van der Waals surface area contributed by atoms with Gasteiger partial charge in [0.05, 0.1) is 29.8 Å². The molecule has 2 aromatic carbocycles. The topological polar surface area (TPSA) is 98.6 Å². The summed E-state index contributed by atoms with van der Waals surface area (Å²) in [6.45, 7) is -0.280. The van der Waals surface area contributed by atoms with Gasteiger partial charge in [0.1, 0.15) is 12.2 Å².